The third kappa shape index (κ3) is 2.99. The zero-order chi connectivity index (χ0) is 14.7. The van der Waals surface area contributed by atoms with Crippen LogP contribution in [0.25, 0.3) is 0 Å². The Morgan fingerprint density at radius 1 is 1.38 bits per heavy atom. The Bertz CT molecular complexity index is 605. The van der Waals surface area contributed by atoms with Crippen LogP contribution in [0.2, 0.25) is 0 Å². The number of aryl methyl sites for hydroxylation is 1. The molecule has 3 rings (SSSR count). The summed E-state index contributed by atoms with van der Waals surface area (Å²) in [5, 5.41) is 7.68. The maximum Gasteiger partial charge on any atom is 0.246 e. The first-order chi connectivity index (χ1) is 10.2. The number of nitrogens with one attached hydrogen (secondary N) is 1. The first kappa shape index (κ1) is 14.6. The van der Waals surface area contributed by atoms with Crippen molar-refractivity contribution in [1.82, 2.24) is 15.5 Å². The van der Waals surface area contributed by atoms with Gasteiger partial charge in [-0.25, -0.2) is 0 Å². The quantitative estimate of drug-likeness (QED) is 0.854. The molecule has 1 fully saturated rings. The fraction of sp³-hybridized carbons (Fsp3) is 0.500. The Hall–Kier alpha value is -1.33. The predicted molar refractivity (Wildman–Crippen MR) is 84.2 cm³/mol. The zero-order valence-corrected chi connectivity index (χ0v) is 13.4. The van der Waals surface area contributed by atoms with E-state index in [9.17, 15) is 0 Å². The fourth-order valence-corrected chi connectivity index (χ4v) is 3.68. The van der Waals surface area contributed by atoms with Crippen LogP contribution in [0.4, 0.5) is 0 Å². The minimum absolute atomic E-state index is 0.0986. The molecule has 2 heterocycles. The molecule has 1 aromatic carbocycles. The third-order valence-corrected chi connectivity index (χ3v) is 5.35. The maximum atomic E-state index is 5.52. The predicted octanol–water partition coefficient (Wildman–Crippen LogP) is 3.66. The summed E-state index contributed by atoms with van der Waals surface area (Å²) >= 11 is 1.76. The molecule has 0 saturated carbocycles. The van der Waals surface area contributed by atoms with Crippen molar-refractivity contribution in [1.29, 1.82) is 0 Å². The van der Waals surface area contributed by atoms with Crippen LogP contribution in [0.5, 0.6) is 0 Å². The second-order valence-electron chi connectivity index (χ2n) is 5.54. The normalized spacial score (nSPS) is 21.8. The van der Waals surface area contributed by atoms with Gasteiger partial charge in [0.05, 0.1) is 11.3 Å². The number of benzene rings is 1. The highest BCUT2D eigenvalue weighted by Gasteiger charge is 2.38. The van der Waals surface area contributed by atoms with Gasteiger partial charge in [0.25, 0.3) is 0 Å². The van der Waals surface area contributed by atoms with Gasteiger partial charge in [-0.1, -0.05) is 30.3 Å². The van der Waals surface area contributed by atoms with Crippen molar-refractivity contribution in [2.24, 2.45) is 0 Å². The van der Waals surface area contributed by atoms with Gasteiger partial charge in [0.1, 0.15) is 0 Å². The number of rotatable bonds is 5. The fourth-order valence-electron chi connectivity index (χ4n) is 2.81. The Morgan fingerprint density at radius 2 is 2.24 bits per heavy atom. The van der Waals surface area contributed by atoms with Crippen molar-refractivity contribution in [3.05, 3.63) is 41.5 Å². The number of aromatic nitrogens is 2. The lowest BCUT2D eigenvalue weighted by atomic mass is 9.94. The topological polar surface area (TPSA) is 51.0 Å². The molecule has 1 aliphatic rings. The molecule has 1 aromatic heterocycles. The highest BCUT2D eigenvalue weighted by atomic mass is 32.2. The molecule has 1 unspecified atom stereocenters. The van der Waals surface area contributed by atoms with Crippen LogP contribution >= 0.6 is 11.8 Å². The molecule has 1 atom stereocenters. The van der Waals surface area contributed by atoms with E-state index in [1.54, 1.807) is 11.8 Å². The second-order valence-corrected chi connectivity index (χ2v) is 6.55. The van der Waals surface area contributed by atoms with Gasteiger partial charge in [-0.05, 0) is 44.4 Å². The summed E-state index contributed by atoms with van der Waals surface area (Å²) in [6, 6.07) is 8.37. The molecule has 4 nitrogen and oxygen atoms in total. The second kappa shape index (κ2) is 6.20. The largest absolute Gasteiger partial charge is 0.337 e. The maximum absolute atomic E-state index is 5.52. The van der Waals surface area contributed by atoms with Gasteiger partial charge in [-0.2, -0.15) is 4.98 Å². The number of nitrogens with zero attached hydrogens (tertiary/aromatic N) is 2. The van der Waals surface area contributed by atoms with Crippen LogP contribution < -0.4 is 5.32 Å². The van der Waals surface area contributed by atoms with E-state index in [1.807, 2.05) is 0 Å². The summed E-state index contributed by atoms with van der Waals surface area (Å²) in [5.74, 6) is 2.27. The van der Waals surface area contributed by atoms with Crippen LogP contribution in [0.15, 0.2) is 33.7 Å². The molecule has 2 aromatic rings. The molecule has 112 valence electrons. The number of thioether (sulfide) groups is 1. The molecular formula is C16H21N3OS. The van der Waals surface area contributed by atoms with Gasteiger partial charge in [0.2, 0.25) is 5.89 Å². The summed E-state index contributed by atoms with van der Waals surface area (Å²) in [7, 11) is 0. The van der Waals surface area contributed by atoms with Crippen molar-refractivity contribution < 1.29 is 4.52 Å². The minimum atomic E-state index is -0.0986. The van der Waals surface area contributed by atoms with Crippen molar-refractivity contribution in [3.8, 4) is 0 Å². The van der Waals surface area contributed by atoms with E-state index in [1.165, 1.54) is 16.9 Å². The van der Waals surface area contributed by atoms with E-state index in [0.29, 0.717) is 0 Å². The number of hydrogen-bond donors (Lipinski definition) is 1. The standard InChI is InChI=1S/C16H21N3OS/c1-3-16(9-6-10-17-16)15-18-14(19-20-15)11-21-13-8-5-4-7-12(13)2/h4-5,7-8,17H,3,6,9-11H2,1-2H3. The molecule has 5 heteroatoms. The van der Waals surface area contributed by atoms with Crippen molar-refractivity contribution in [2.45, 2.75) is 49.3 Å². The van der Waals surface area contributed by atoms with E-state index in [-0.39, 0.29) is 5.54 Å². The van der Waals surface area contributed by atoms with Crippen LogP contribution in [0.3, 0.4) is 0 Å². The van der Waals surface area contributed by atoms with Gasteiger partial charge in [-0.3, -0.25) is 0 Å². The molecule has 21 heavy (non-hydrogen) atoms. The van der Waals surface area contributed by atoms with E-state index in [4.69, 9.17) is 4.52 Å². The Kier molecular flexibility index (Phi) is 4.31. The smallest absolute Gasteiger partial charge is 0.246 e. The Balaban J connectivity index is 1.69. The van der Waals surface area contributed by atoms with Crippen LogP contribution in [0, 0.1) is 6.92 Å². The van der Waals surface area contributed by atoms with Gasteiger partial charge in [0.15, 0.2) is 5.82 Å². The van der Waals surface area contributed by atoms with Crippen molar-refractivity contribution in [2.75, 3.05) is 6.54 Å². The van der Waals surface area contributed by atoms with E-state index >= 15 is 0 Å². The number of hydrogen-bond acceptors (Lipinski definition) is 5. The average molecular weight is 303 g/mol. The van der Waals surface area contributed by atoms with Crippen LogP contribution in [0.1, 0.15) is 43.5 Å². The van der Waals surface area contributed by atoms with Crippen molar-refractivity contribution >= 4 is 11.8 Å². The van der Waals surface area contributed by atoms with E-state index in [0.717, 1.165) is 36.9 Å². The lowest BCUT2D eigenvalue weighted by Gasteiger charge is -2.22. The lowest BCUT2D eigenvalue weighted by molar-refractivity contribution is 0.249. The van der Waals surface area contributed by atoms with Gasteiger partial charge in [-0.15, -0.1) is 11.8 Å². The molecule has 1 saturated heterocycles. The first-order valence-electron chi connectivity index (χ1n) is 7.50. The van der Waals surface area contributed by atoms with Gasteiger partial charge >= 0.3 is 0 Å². The lowest BCUT2D eigenvalue weighted by Crippen LogP contribution is -2.36. The monoisotopic (exact) mass is 303 g/mol. The molecule has 0 aliphatic carbocycles. The molecule has 1 aliphatic heterocycles. The molecular weight excluding hydrogens is 282 g/mol. The Morgan fingerprint density at radius 3 is 2.95 bits per heavy atom. The minimum Gasteiger partial charge on any atom is -0.337 e. The van der Waals surface area contributed by atoms with Gasteiger partial charge in [0, 0.05) is 4.90 Å². The van der Waals surface area contributed by atoms with E-state index < -0.39 is 0 Å². The van der Waals surface area contributed by atoms with E-state index in [2.05, 4.69) is 53.6 Å². The molecule has 0 radical (unpaired) electrons. The van der Waals surface area contributed by atoms with Crippen molar-refractivity contribution in [3.63, 3.8) is 0 Å². The highest BCUT2D eigenvalue weighted by molar-refractivity contribution is 7.98. The molecule has 0 spiro atoms. The SMILES string of the molecule is CCC1(c2nc(CSc3ccccc3C)no2)CCCN1. The molecule has 0 bridgehead atoms. The Labute approximate surface area is 129 Å². The third-order valence-electron chi connectivity index (χ3n) is 4.18. The molecule has 0 amide bonds. The summed E-state index contributed by atoms with van der Waals surface area (Å²) in [4.78, 5) is 5.89. The average Bonchev–Trinajstić information content (AvgIpc) is 3.16. The molecule has 1 N–H and O–H groups in total. The summed E-state index contributed by atoms with van der Waals surface area (Å²) in [6.07, 6.45) is 3.24. The van der Waals surface area contributed by atoms with Gasteiger partial charge < -0.3 is 9.84 Å². The summed E-state index contributed by atoms with van der Waals surface area (Å²) < 4.78 is 5.52. The highest BCUT2D eigenvalue weighted by Crippen LogP contribution is 2.33. The van der Waals surface area contributed by atoms with Crippen LogP contribution in [-0.2, 0) is 11.3 Å². The zero-order valence-electron chi connectivity index (χ0n) is 12.6. The van der Waals surface area contributed by atoms with Crippen LogP contribution in [-0.4, -0.2) is 16.7 Å². The first-order valence-corrected chi connectivity index (χ1v) is 8.48. The summed E-state index contributed by atoms with van der Waals surface area (Å²) in [6.45, 7) is 5.33. The summed E-state index contributed by atoms with van der Waals surface area (Å²) in [5.41, 5.74) is 1.19.